The zero-order valence-corrected chi connectivity index (χ0v) is 11.4. The molecule has 1 atom stereocenters. The van der Waals surface area contributed by atoms with Gasteiger partial charge >= 0.3 is 0 Å². The summed E-state index contributed by atoms with van der Waals surface area (Å²) in [4.78, 5) is 2.56. The molecule has 0 radical (unpaired) electrons. The van der Waals surface area contributed by atoms with E-state index in [0.717, 1.165) is 12.5 Å². The average molecular weight is 199 g/mol. The van der Waals surface area contributed by atoms with Crippen LogP contribution < -0.4 is 0 Å². The summed E-state index contributed by atoms with van der Waals surface area (Å²) in [6.45, 7) is 20.8. The van der Waals surface area contributed by atoms with Gasteiger partial charge in [-0.2, -0.15) is 0 Å². The van der Waals surface area contributed by atoms with E-state index in [1.54, 1.807) is 0 Å². The fourth-order valence-corrected chi connectivity index (χ4v) is 1.48. The lowest BCUT2D eigenvalue weighted by Gasteiger charge is -2.40. The average Bonchev–Trinajstić information content (AvgIpc) is 1.95. The third-order valence-corrected chi connectivity index (χ3v) is 3.30. The normalized spacial score (nSPS) is 16.1. The molecule has 0 aliphatic carbocycles. The van der Waals surface area contributed by atoms with Gasteiger partial charge in [-0.05, 0) is 38.6 Å². The van der Waals surface area contributed by atoms with Gasteiger partial charge in [0.15, 0.2) is 0 Å². The summed E-state index contributed by atoms with van der Waals surface area (Å²) < 4.78 is 0. The Balaban J connectivity index is 4.34. The van der Waals surface area contributed by atoms with Crippen molar-refractivity contribution in [3.05, 3.63) is 0 Å². The van der Waals surface area contributed by atoms with Gasteiger partial charge in [0.25, 0.3) is 0 Å². The summed E-state index contributed by atoms with van der Waals surface area (Å²) in [5.41, 5.74) is 0.715. The smallest absolute Gasteiger partial charge is 0.0125 e. The first-order valence-electron chi connectivity index (χ1n) is 5.84. The highest BCUT2D eigenvalue weighted by Gasteiger charge is 2.26. The minimum absolute atomic E-state index is 0.300. The van der Waals surface area contributed by atoms with Gasteiger partial charge < -0.3 is 0 Å². The van der Waals surface area contributed by atoms with Gasteiger partial charge in [-0.25, -0.2) is 0 Å². The second kappa shape index (κ2) is 4.65. The van der Waals surface area contributed by atoms with Crippen LogP contribution in [-0.2, 0) is 0 Å². The highest BCUT2D eigenvalue weighted by atomic mass is 15.2. The monoisotopic (exact) mass is 199 g/mol. The molecule has 0 bridgehead atoms. The van der Waals surface area contributed by atoms with Crippen LogP contribution in [0.5, 0.6) is 0 Å². The van der Waals surface area contributed by atoms with E-state index in [2.05, 4.69) is 60.3 Å². The molecule has 0 N–H and O–H groups in total. The number of hydrogen-bond donors (Lipinski definition) is 0. The molecule has 0 spiro atoms. The Morgan fingerprint density at radius 1 is 1.00 bits per heavy atom. The maximum absolute atomic E-state index is 2.56. The minimum Gasteiger partial charge on any atom is -0.298 e. The molecule has 0 saturated heterocycles. The molecule has 0 amide bonds. The third-order valence-electron chi connectivity index (χ3n) is 3.30. The van der Waals surface area contributed by atoms with Crippen LogP contribution in [-0.4, -0.2) is 23.5 Å². The zero-order valence-electron chi connectivity index (χ0n) is 11.4. The molecule has 1 nitrogen and oxygen atoms in total. The van der Waals surface area contributed by atoms with Gasteiger partial charge in [0.2, 0.25) is 0 Å². The fourth-order valence-electron chi connectivity index (χ4n) is 1.48. The topological polar surface area (TPSA) is 3.24 Å². The Hall–Kier alpha value is -0.0400. The van der Waals surface area contributed by atoms with Gasteiger partial charge in [0.05, 0.1) is 0 Å². The molecule has 0 fully saturated rings. The summed E-state index contributed by atoms with van der Waals surface area (Å²) in [5, 5.41) is 0. The highest BCUT2D eigenvalue weighted by molar-refractivity contribution is 4.80. The first kappa shape index (κ1) is 14.0. The maximum atomic E-state index is 2.56. The molecule has 0 heterocycles. The van der Waals surface area contributed by atoms with E-state index in [0.29, 0.717) is 11.0 Å². The molecule has 0 aliphatic rings. The highest BCUT2D eigenvalue weighted by Crippen LogP contribution is 2.28. The molecule has 0 aromatic rings. The molecule has 0 aromatic heterocycles. The van der Waals surface area contributed by atoms with Crippen LogP contribution in [0.4, 0.5) is 0 Å². The molecular formula is C13H29N. The molecule has 0 aliphatic heterocycles. The van der Waals surface area contributed by atoms with Crippen molar-refractivity contribution in [2.24, 2.45) is 11.3 Å². The van der Waals surface area contributed by atoms with Crippen molar-refractivity contribution in [2.75, 3.05) is 13.1 Å². The Kier molecular flexibility index (Phi) is 4.64. The van der Waals surface area contributed by atoms with Crippen LogP contribution in [0, 0.1) is 11.3 Å². The van der Waals surface area contributed by atoms with E-state index in [-0.39, 0.29) is 0 Å². The van der Waals surface area contributed by atoms with E-state index < -0.39 is 0 Å². The zero-order chi connectivity index (χ0) is 11.6. The predicted molar refractivity (Wildman–Crippen MR) is 65.6 cm³/mol. The molecule has 1 unspecified atom stereocenters. The van der Waals surface area contributed by atoms with Crippen LogP contribution in [0.2, 0.25) is 0 Å². The largest absolute Gasteiger partial charge is 0.298 e. The van der Waals surface area contributed by atoms with E-state index in [1.165, 1.54) is 6.54 Å². The Bertz CT molecular complexity index is 159. The molecule has 1 heteroatoms. The van der Waals surface area contributed by atoms with Gasteiger partial charge in [0, 0.05) is 12.1 Å². The molecular weight excluding hydrogens is 170 g/mol. The standard InChI is InChI=1S/C13H29N/c1-9-14(13(6,7)8)10-11(2)12(3,4)5/h11H,9-10H2,1-8H3. The van der Waals surface area contributed by atoms with Crippen molar-refractivity contribution in [3.8, 4) is 0 Å². The fraction of sp³-hybridized carbons (Fsp3) is 1.00. The quantitative estimate of drug-likeness (QED) is 0.668. The van der Waals surface area contributed by atoms with Gasteiger partial charge in [-0.15, -0.1) is 0 Å². The van der Waals surface area contributed by atoms with Crippen molar-refractivity contribution in [2.45, 2.75) is 60.9 Å². The van der Waals surface area contributed by atoms with E-state index >= 15 is 0 Å². The van der Waals surface area contributed by atoms with Crippen molar-refractivity contribution in [1.29, 1.82) is 0 Å². The minimum atomic E-state index is 0.300. The van der Waals surface area contributed by atoms with Crippen LogP contribution in [0.3, 0.4) is 0 Å². The van der Waals surface area contributed by atoms with Crippen LogP contribution in [0.25, 0.3) is 0 Å². The van der Waals surface area contributed by atoms with Gasteiger partial charge in [0.1, 0.15) is 0 Å². The molecule has 0 rings (SSSR count). The number of hydrogen-bond acceptors (Lipinski definition) is 1. The van der Waals surface area contributed by atoms with Crippen molar-refractivity contribution in [1.82, 2.24) is 4.90 Å². The van der Waals surface area contributed by atoms with Crippen LogP contribution in [0.15, 0.2) is 0 Å². The molecule has 0 saturated carbocycles. The van der Waals surface area contributed by atoms with E-state index in [9.17, 15) is 0 Å². The summed E-state index contributed by atoms with van der Waals surface area (Å²) in [6.07, 6.45) is 0. The lowest BCUT2D eigenvalue weighted by molar-refractivity contribution is 0.0897. The van der Waals surface area contributed by atoms with Crippen LogP contribution in [0.1, 0.15) is 55.4 Å². The lowest BCUT2D eigenvalue weighted by Crippen LogP contribution is -2.45. The number of rotatable bonds is 3. The summed E-state index contributed by atoms with van der Waals surface area (Å²) in [5.74, 6) is 0.738. The van der Waals surface area contributed by atoms with Crippen LogP contribution >= 0.6 is 0 Å². The lowest BCUT2D eigenvalue weighted by atomic mass is 9.81. The maximum Gasteiger partial charge on any atom is 0.0125 e. The SMILES string of the molecule is CCN(CC(C)C(C)(C)C)C(C)(C)C. The molecule has 14 heavy (non-hydrogen) atoms. The van der Waals surface area contributed by atoms with Gasteiger partial charge in [-0.1, -0.05) is 34.6 Å². The first-order chi connectivity index (χ1) is 6.09. The Morgan fingerprint density at radius 3 is 1.64 bits per heavy atom. The Morgan fingerprint density at radius 2 is 1.43 bits per heavy atom. The Labute approximate surface area is 90.9 Å². The van der Waals surface area contributed by atoms with Crippen molar-refractivity contribution < 1.29 is 0 Å². The summed E-state index contributed by atoms with van der Waals surface area (Å²) >= 11 is 0. The van der Waals surface area contributed by atoms with E-state index in [4.69, 9.17) is 0 Å². The van der Waals surface area contributed by atoms with Gasteiger partial charge in [-0.3, -0.25) is 4.90 Å². The van der Waals surface area contributed by atoms with Crippen molar-refractivity contribution in [3.63, 3.8) is 0 Å². The second-order valence-corrected chi connectivity index (χ2v) is 6.48. The molecule has 86 valence electrons. The molecule has 0 aromatic carbocycles. The first-order valence-corrected chi connectivity index (χ1v) is 5.84. The second-order valence-electron chi connectivity index (χ2n) is 6.48. The van der Waals surface area contributed by atoms with Crippen molar-refractivity contribution >= 4 is 0 Å². The summed E-state index contributed by atoms with van der Waals surface area (Å²) in [6, 6.07) is 0. The predicted octanol–water partition coefficient (Wildman–Crippen LogP) is 3.79. The summed E-state index contributed by atoms with van der Waals surface area (Å²) in [7, 11) is 0. The third kappa shape index (κ3) is 4.45. The van der Waals surface area contributed by atoms with E-state index in [1.807, 2.05) is 0 Å². The number of nitrogens with zero attached hydrogens (tertiary/aromatic N) is 1.